The maximum atomic E-state index is 14.6. The standard InChI is InChI=1S/C64H109N21O24S/c1-29(2)26-41(59(105)75-32(6)62(108)109)85-57(103)37(14-18-45(67)87)80-61(107)43(28-49(94)95)83-50(96)31(5)74-52(98)34(10-8-23-72-63(68)69)76-53(99)35(11-9-24-73-64(70)71)77-54(100)36(13-17-44(66)86)78-58(104)40(22-25-110-7)82-56(102)38(15-20-47(90)91)79-55(101)39(16-21-48(92)93)81-60(106)42(27-30(3)4)84-51(97)33(65)12-19-46(88)89/h29-43H,8-28,65H2,1-7H3,(H2,66,86)(H2,67,87)(H,74,98)(H,75,105)(H,76,99)(H,77,100)(H,78,104)(H,79,101)(H,80,107)(H,81,106)(H,82,102)(H,83,96)(H,84,97)(H,85,103)(H,88,89)(H,90,91)(H,92,93)(H,94,95)(H,108,109)(H4,68,69,72)(H4,70,71,73)/t31-,32-,33-,34-,35-,36-,37-,38-,39-,40-,41-,42-,43-/m0/s1. The lowest BCUT2D eigenvalue weighted by Gasteiger charge is -2.28. The van der Waals surface area contributed by atoms with Gasteiger partial charge in [0.25, 0.3) is 0 Å². The molecule has 0 aliphatic carbocycles. The summed E-state index contributed by atoms with van der Waals surface area (Å²) in [4.78, 5) is 258. The third kappa shape index (κ3) is 42.9. The molecule has 0 aromatic rings. The van der Waals surface area contributed by atoms with Crippen LogP contribution >= 0.6 is 11.8 Å². The van der Waals surface area contributed by atoms with Crippen LogP contribution in [0.25, 0.3) is 0 Å². The summed E-state index contributed by atoms with van der Waals surface area (Å²) in [6.45, 7) is 8.57. The van der Waals surface area contributed by atoms with Crippen molar-refractivity contribution in [3.63, 3.8) is 0 Å². The Morgan fingerprint density at radius 3 is 0.909 bits per heavy atom. The predicted octanol–water partition coefficient (Wildman–Crippen LogP) is -8.19. The molecule has 0 fully saturated rings. The van der Waals surface area contributed by atoms with Crippen LogP contribution in [0.15, 0.2) is 9.98 Å². The fourth-order valence-corrected chi connectivity index (χ4v) is 10.4. The molecular weight excluding hydrogens is 1480 g/mol. The van der Waals surface area contributed by atoms with Gasteiger partial charge in [-0.05, 0) is 115 Å². The van der Waals surface area contributed by atoms with Crippen molar-refractivity contribution in [2.75, 3.05) is 25.1 Å². The number of hydrogen-bond donors (Lipinski definition) is 24. The van der Waals surface area contributed by atoms with Crippen LogP contribution < -0.4 is 104 Å². The number of carbonyl (C=O) groups excluding carboxylic acids is 14. The minimum absolute atomic E-state index is 0.0592. The van der Waals surface area contributed by atoms with E-state index >= 15 is 0 Å². The summed E-state index contributed by atoms with van der Waals surface area (Å²) in [5, 5.41) is 75.6. The molecule has 46 heteroatoms. The highest BCUT2D eigenvalue weighted by Crippen LogP contribution is 2.14. The number of carboxylic acid groups (broad SMARTS) is 5. The Morgan fingerprint density at radius 1 is 0.318 bits per heavy atom. The Labute approximate surface area is 637 Å². The van der Waals surface area contributed by atoms with Gasteiger partial charge in [-0.1, -0.05) is 27.7 Å². The molecule has 110 heavy (non-hydrogen) atoms. The third-order valence-electron chi connectivity index (χ3n) is 15.8. The number of guanidine groups is 2. The number of nitrogens with zero attached hydrogens (tertiary/aromatic N) is 2. The Bertz CT molecular complexity index is 3280. The van der Waals surface area contributed by atoms with Crippen molar-refractivity contribution in [3.8, 4) is 0 Å². The summed E-state index contributed by atoms with van der Waals surface area (Å²) in [6, 6.07) is -21.7. The van der Waals surface area contributed by atoms with Crippen LogP contribution in [0.4, 0.5) is 0 Å². The molecule has 0 aromatic carbocycles. The molecule has 0 heterocycles. The SMILES string of the molecule is CSCC[C@H](NC(=O)[C@H](CCC(=O)O)NC(=O)[C@H](CCC(=O)O)NC(=O)[C@H](CC(C)C)NC(=O)[C@@H](N)CCC(=O)O)C(=O)N[C@@H](CCC(N)=O)C(=O)N[C@@H](CCCN=C(N)N)C(=O)N[C@@H](CCCN=C(N)N)C(=O)N[C@@H](C)C(=O)N[C@@H](CC(=O)O)C(=O)N[C@@H](CCC(N)=O)C(=O)N[C@@H](CC(C)C)C(=O)N[C@@H](C)C(=O)O. The van der Waals surface area contributed by atoms with E-state index in [0.717, 1.165) is 25.6 Å². The molecule has 0 rings (SSSR count). The minimum atomic E-state index is -2.04. The number of nitrogens with one attached hydrogen (secondary N) is 12. The van der Waals surface area contributed by atoms with Crippen LogP contribution in [-0.4, -0.2) is 254 Å². The van der Waals surface area contributed by atoms with E-state index < -0.39 is 255 Å². The highest BCUT2D eigenvalue weighted by Gasteiger charge is 2.38. The number of amides is 14. The first-order valence-corrected chi connectivity index (χ1v) is 36.3. The van der Waals surface area contributed by atoms with Gasteiger partial charge in [-0.15, -0.1) is 0 Å². The van der Waals surface area contributed by atoms with Crippen LogP contribution in [0.2, 0.25) is 0 Å². The Balaban J connectivity index is 7.41. The molecule has 0 saturated heterocycles. The lowest BCUT2D eigenvalue weighted by molar-refractivity contribution is -0.142. The van der Waals surface area contributed by atoms with E-state index in [9.17, 15) is 112 Å². The van der Waals surface area contributed by atoms with Crippen LogP contribution in [0, 0.1) is 11.8 Å². The predicted molar refractivity (Wildman–Crippen MR) is 392 cm³/mol. The van der Waals surface area contributed by atoms with Gasteiger partial charge in [0.1, 0.15) is 72.5 Å². The van der Waals surface area contributed by atoms with E-state index in [2.05, 4.69) is 73.8 Å². The fourth-order valence-electron chi connectivity index (χ4n) is 9.94. The van der Waals surface area contributed by atoms with Crippen LogP contribution in [0.3, 0.4) is 0 Å². The van der Waals surface area contributed by atoms with E-state index in [-0.39, 0.29) is 94.0 Å². The van der Waals surface area contributed by atoms with Crippen LogP contribution in [0.5, 0.6) is 0 Å². The maximum Gasteiger partial charge on any atom is 0.325 e. The Hall–Kier alpha value is -11.2. The summed E-state index contributed by atoms with van der Waals surface area (Å²) in [6.07, 6.45) is -6.87. The number of hydrogen-bond acceptors (Lipinski definition) is 23. The average molecular weight is 1590 g/mol. The van der Waals surface area contributed by atoms with E-state index in [1.807, 2.05) is 0 Å². The molecule has 0 spiro atoms. The van der Waals surface area contributed by atoms with Gasteiger partial charge in [-0.3, -0.25) is 101 Å². The van der Waals surface area contributed by atoms with Gasteiger partial charge >= 0.3 is 29.8 Å². The van der Waals surface area contributed by atoms with Gasteiger partial charge in [0.2, 0.25) is 82.7 Å². The molecule has 0 aliphatic heterocycles. The normalized spacial score (nSPS) is 14.5. The molecule has 0 unspecified atom stereocenters. The zero-order valence-electron chi connectivity index (χ0n) is 62.3. The number of primary amides is 2. The minimum Gasteiger partial charge on any atom is -0.481 e. The number of rotatable bonds is 57. The Morgan fingerprint density at radius 2 is 0.591 bits per heavy atom. The largest absolute Gasteiger partial charge is 0.481 e. The number of carbonyl (C=O) groups is 19. The molecule has 620 valence electrons. The summed E-state index contributed by atoms with van der Waals surface area (Å²) < 4.78 is 0. The van der Waals surface area contributed by atoms with Crippen molar-refractivity contribution in [1.29, 1.82) is 0 Å². The van der Waals surface area contributed by atoms with Gasteiger partial charge in [0.05, 0.1) is 12.5 Å². The molecule has 0 aromatic heterocycles. The lowest BCUT2D eigenvalue weighted by atomic mass is 10.0. The highest BCUT2D eigenvalue weighted by molar-refractivity contribution is 7.98. The second-order valence-electron chi connectivity index (χ2n) is 26.4. The third-order valence-corrected chi connectivity index (χ3v) is 16.4. The molecule has 0 bridgehead atoms. The van der Waals surface area contributed by atoms with Crippen molar-refractivity contribution < 1.29 is 117 Å². The first-order chi connectivity index (χ1) is 51.3. The molecule has 0 aliphatic rings. The number of nitrogens with two attached hydrogens (primary N) is 7. The number of carboxylic acids is 5. The fraction of sp³-hybridized carbons (Fsp3) is 0.672. The lowest BCUT2D eigenvalue weighted by Crippen LogP contribution is -2.61. The molecular formula is C64H109N21O24S. The zero-order chi connectivity index (χ0) is 84.2. The van der Waals surface area contributed by atoms with Crippen LogP contribution in [-0.2, 0) is 91.1 Å². The van der Waals surface area contributed by atoms with Crippen LogP contribution in [0.1, 0.15) is 157 Å². The van der Waals surface area contributed by atoms with Crippen molar-refractivity contribution in [2.24, 2.45) is 62.0 Å². The first-order valence-electron chi connectivity index (χ1n) is 34.9. The number of aliphatic carboxylic acids is 5. The van der Waals surface area contributed by atoms with Crippen molar-refractivity contribution in [1.82, 2.24) is 63.8 Å². The summed E-state index contributed by atoms with van der Waals surface area (Å²) in [7, 11) is 0. The summed E-state index contributed by atoms with van der Waals surface area (Å²) >= 11 is 1.16. The molecule has 0 radical (unpaired) electrons. The molecule has 45 nitrogen and oxygen atoms in total. The monoisotopic (exact) mass is 1590 g/mol. The molecule has 31 N–H and O–H groups in total. The van der Waals surface area contributed by atoms with Gasteiger partial charge in [0, 0.05) is 45.2 Å². The average Bonchev–Trinajstić information content (AvgIpc) is 0.863. The van der Waals surface area contributed by atoms with Gasteiger partial charge < -0.3 is 129 Å². The van der Waals surface area contributed by atoms with Gasteiger partial charge in [0.15, 0.2) is 11.9 Å². The number of aliphatic imine (C=N–C) groups is 2. The van der Waals surface area contributed by atoms with E-state index in [0.29, 0.717) is 0 Å². The molecule has 13 atom stereocenters. The second kappa shape index (κ2) is 51.9. The highest BCUT2D eigenvalue weighted by atomic mass is 32.2. The topological polar surface area (TPSA) is 777 Å². The first kappa shape index (κ1) is 98.8. The van der Waals surface area contributed by atoms with E-state index in [4.69, 9.17) is 45.2 Å². The second-order valence-corrected chi connectivity index (χ2v) is 27.3. The summed E-state index contributed by atoms with van der Waals surface area (Å²) in [5.74, 6) is -24.2. The van der Waals surface area contributed by atoms with Crippen molar-refractivity contribution in [2.45, 2.75) is 236 Å². The maximum absolute atomic E-state index is 14.6. The van der Waals surface area contributed by atoms with Gasteiger partial charge in [-0.25, -0.2) is 0 Å². The number of thioether (sulfide) groups is 1. The van der Waals surface area contributed by atoms with Crippen molar-refractivity contribution >= 4 is 136 Å². The van der Waals surface area contributed by atoms with E-state index in [1.54, 1.807) is 34.0 Å². The molecule has 14 amide bonds. The molecule has 0 saturated carbocycles. The van der Waals surface area contributed by atoms with Gasteiger partial charge in [-0.2, -0.15) is 11.8 Å². The zero-order valence-corrected chi connectivity index (χ0v) is 63.2. The van der Waals surface area contributed by atoms with Crippen molar-refractivity contribution in [3.05, 3.63) is 0 Å². The summed E-state index contributed by atoms with van der Waals surface area (Å²) in [5.41, 5.74) is 38.7. The van der Waals surface area contributed by atoms with E-state index in [1.165, 1.54) is 0 Å². The quantitative estimate of drug-likeness (QED) is 0.0153. The smallest absolute Gasteiger partial charge is 0.325 e. The Kier molecular flexibility index (Phi) is 46.6.